The minimum absolute atomic E-state index is 0.139. The van der Waals surface area contributed by atoms with E-state index in [9.17, 15) is 4.79 Å². The molecule has 0 bridgehead atoms. The lowest BCUT2D eigenvalue weighted by Gasteiger charge is -2.11. The van der Waals surface area contributed by atoms with Gasteiger partial charge in [0.15, 0.2) is 11.7 Å². The molecule has 0 fully saturated rings. The van der Waals surface area contributed by atoms with Crippen LogP contribution in [0.4, 0.5) is 5.13 Å². The Morgan fingerprint density at radius 3 is 2.62 bits per heavy atom. The molecule has 0 aliphatic heterocycles. The smallest absolute Gasteiger partial charge is 0.264 e. The first kappa shape index (κ1) is 18.7. The highest BCUT2D eigenvalue weighted by molar-refractivity contribution is 7.14. The fraction of sp³-hybridized carbons (Fsp3) is 0.158. The number of amides is 1. The maximum absolute atomic E-state index is 12.1. The Morgan fingerprint density at radius 2 is 1.92 bits per heavy atom. The lowest BCUT2D eigenvalue weighted by atomic mass is 10.1. The van der Waals surface area contributed by atoms with Crippen molar-refractivity contribution in [3.63, 3.8) is 0 Å². The van der Waals surface area contributed by atoms with E-state index < -0.39 is 0 Å². The molecule has 1 N–H and O–H groups in total. The summed E-state index contributed by atoms with van der Waals surface area (Å²) in [5.74, 6) is 0.228. The normalized spacial score (nSPS) is 10.6. The first-order valence-corrected chi connectivity index (χ1v) is 9.47. The van der Waals surface area contributed by atoms with Crippen molar-refractivity contribution in [1.82, 2.24) is 4.98 Å². The van der Waals surface area contributed by atoms with E-state index in [4.69, 9.17) is 27.9 Å². The van der Waals surface area contributed by atoms with Gasteiger partial charge in [-0.25, -0.2) is 4.98 Å². The van der Waals surface area contributed by atoms with Gasteiger partial charge in [-0.15, -0.1) is 11.3 Å². The van der Waals surface area contributed by atoms with Gasteiger partial charge in [-0.1, -0.05) is 41.4 Å². The highest BCUT2D eigenvalue weighted by atomic mass is 35.5. The number of ether oxygens (including phenoxy) is 1. The second-order valence-corrected chi connectivity index (χ2v) is 7.48. The number of rotatable bonds is 5. The number of aromatic nitrogens is 1. The maximum Gasteiger partial charge on any atom is 0.264 e. The quantitative estimate of drug-likeness (QED) is 0.586. The number of aryl methyl sites for hydroxylation is 2. The number of hydrogen-bond acceptors (Lipinski definition) is 4. The van der Waals surface area contributed by atoms with Gasteiger partial charge < -0.3 is 4.74 Å². The molecule has 2 aromatic carbocycles. The molecule has 1 amide bonds. The summed E-state index contributed by atoms with van der Waals surface area (Å²) >= 11 is 13.4. The predicted molar refractivity (Wildman–Crippen MR) is 108 cm³/mol. The van der Waals surface area contributed by atoms with Crippen LogP contribution in [0.5, 0.6) is 5.75 Å². The lowest BCUT2D eigenvalue weighted by molar-refractivity contribution is -0.118. The first-order valence-electron chi connectivity index (χ1n) is 7.83. The standard InChI is InChI=1S/C19H16Cl2N2O2S/c1-11-7-12(2)18(15(21)8-11)25-9-17(24)23-19-22-16(10-26-19)13-3-5-14(20)6-4-13/h3-8,10H,9H2,1-2H3,(H,22,23,24). The molecule has 3 aromatic rings. The number of anilines is 1. The van der Waals surface area contributed by atoms with Gasteiger partial charge in [0.25, 0.3) is 5.91 Å². The number of carbonyl (C=O) groups excluding carboxylic acids is 1. The Hall–Kier alpha value is -2.08. The number of halogens is 2. The van der Waals surface area contributed by atoms with E-state index in [1.54, 1.807) is 18.2 Å². The Labute approximate surface area is 165 Å². The summed E-state index contributed by atoms with van der Waals surface area (Å²) in [5, 5.41) is 6.28. The van der Waals surface area contributed by atoms with Crippen LogP contribution in [0.25, 0.3) is 11.3 Å². The van der Waals surface area contributed by atoms with Crippen LogP contribution in [0, 0.1) is 13.8 Å². The number of nitrogens with zero attached hydrogens (tertiary/aromatic N) is 1. The molecular weight excluding hydrogens is 391 g/mol. The van der Waals surface area contributed by atoms with Crippen LogP contribution >= 0.6 is 34.5 Å². The second-order valence-electron chi connectivity index (χ2n) is 5.77. The summed E-state index contributed by atoms with van der Waals surface area (Å²) in [5.41, 5.74) is 3.65. The average Bonchev–Trinajstić information content (AvgIpc) is 3.03. The van der Waals surface area contributed by atoms with Crippen molar-refractivity contribution >= 4 is 45.6 Å². The highest BCUT2D eigenvalue weighted by Crippen LogP contribution is 2.30. The molecule has 1 heterocycles. The molecule has 4 nitrogen and oxygen atoms in total. The third-order valence-corrected chi connectivity index (χ3v) is 4.90. The number of benzene rings is 2. The average molecular weight is 407 g/mol. The van der Waals surface area contributed by atoms with Gasteiger partial charge in [-0.2, -0.15) is 0 Å². The summed E-state index contributed by atoms with van der Waals surface area (Å²) < 4.78 is 5.58. The van der Waals surface area contributed by atoms with Crippen LogP contribution in [-0.4, -0.2) is 17.5 Å². The molecular formula is C19H16Cl2N2O2S. The molecule has 134 valence electrons. The molecule has 0 saturated heterocycles. The van der Waals surface area contributed by atoms with Crippen molar-refractivity contribution in [3.8, 4) is 17.0 Å². The minimum atomic E-state index is -0.293. The molecule has 7 heteroatoms. The second kappa shape index (κ2) is 8.08. The summed E-state index contributed by atoms with van der Waals surface area (Å²) in [6, 6.07) is 11.1. The van der Waals surface area contributed by atoms with E-state index in [-0.39, 0.29) is 12.5 Å². The monoisotopic (exact) mass is 406 g/mol. The molecule has 0 aliphatic carbocycles. The Bertz CT molecular complexity index is 916. The van der Waals surface area contributed by atoms with E-state index in [0.717, 1.165) is 22.4 Å². The van der Waals surface area contributed by atoms with Gasteiger partial charge >= 0.3 is 0 Å². The number of thiazole rings is 1. The zero-order chi connectivity index (χ0) is 18.7. The molecule has 0 unspecified atom stereocenters. The summed E-state index contributed by atoms with van der Waals surface area (Å²) in [4.78, 5) is 16.5. The van der Waals surface area contributed by atoms with Gasteiger partial charge in [0.1, 0.15) is 5.75 Å². The third kappa shape index (κ3) is 4.55. The largest absolute Gasteiger partial charge is 0.482 e. The fourth-order valence-electron chi connectivity index (χ4n) is 2.46. The SMILES string of the molecule is Cc1cc(C)c(OCC(=O)Nc2nc(-c3ccc(Cl)cc3)cs2)c(Cl)c1. The molecule has 0 spiro atoms. The van der Waals surface area contributed by atoms with Crippen molar-refractivity contribution in [1.29, 1.82) is 0 Å². The van der Waals surface area contributed by atoms with Crippen molar-refractivity contribution in [2.45, 2.75) is 13.8 Å². The van der Waals surface area contributed by atoms with Gasteiger partial charge in [-0.05, 0) is 43.2 Å². The van der Waals surface area contributed by atoms with Crippen LogP contribution < -0.4 is 10.1 Å². The Kier molecular flexibility index (Phi) is 5.81. The van der Waals surface area contributed by atoms with Gasteiger partial charge in [0, 0.05) is 16.0 Å². The zero-order valence-corrected chi connectivity index (χ0v) is 16.5. The van der Waals surface area contributed by atoms with E-state index in [2.05, 4.69) is 10.3 Å². The van der Waals surface area contributed by atoms with Crippen molar-refractivity contribution in [3.05, 3.63) is 63.0 Å². The maximum atomic E-state index is 12.1. The summed E-state index contributed by atoms with van der Waals surface area (Å²) in [7, 11) is 0. The lowest BCUT2D eigenvalue weighted by Crippen LogP contribution is -2.20. The number of carbonyl (C=O) groups is 1. The van der Waals surface area contributed by atoms with Crippen LogP contribution in [0.1, 0.15) is 11.1 Å². The van der Waals surface area contributed by atoms with E-state index in [1.807, 2.05) is 37.4 Å². The zero-order valence-electron chi connectivity index (χ0n) is 14.2. The molecule has 1 aromatic heterocycles. The first-order chi connectivity index (χ1) is 12.4. The van der Waals surface area contributed by atoms with Crippen molar-refractivity contribution in [2.24, 2.45) is 0 Å². The molecule has 0 aliphatic rings. The Balaban J connectivity index is 1.62. The number of hydrogen-bond donors (Lipinski definition) is 1. The van der Waals surface area contributed by atoms with Crippen LogP contribution in [-0.2, 0) is 4.79 Å². The van der Waals surface area contributed by atoms with Crippen LogP contribution in [0.15, 0.2) is 41.8 Å². The minimum Gasteiger partial charge on any atom is -0.482 e. The topological polar surface area (TPSA) is 51.2 Å². The van der Waals surface area contributed by atoms with Crippen molar-refractivity contribution in [2.75, 3.05) is 11.9 Å². The molecule has 3 rings (SSSR count). The predicted octanol–water partition coefficient (Wildman–Crippen LogP) is 5.75. The molecule has 26 heavy (non-hydrogen) atoms. The van der Waals surface area contributed by atoms with Crippen LogP contribution in [0.3, 0.4) is 0 Å². The molecule has 0 saturated carbocycles. The summed E-state index contributed by atoms with van der Waals surface area (Å²) in [6.07, 6.45) is 0. The van der Waals surface area contributed by atoms with E-state index in [0.29, 0.717) is 20.9 Å². The Morgan fingerprint density at radius 1 is 1.19 bits per heavy atom. The van der Waals surface area contributed by atoms with E-state index >= 15 is 0 Å². The van der Waals surface area contributed by atoms with Gasteiger partial charge in [0.05, 0.1) is 10.7 Å². The van der Waals surface area contributed by atoms with Gasteiger partial charge in [-0.3, -0.25) is 10.1 Å². The fourth-order valence-corrected chi connectivity index (χ4v) is 3.70. The summed E-state index contributed by atoms with van der Waals surface area (Å²) in [6.45, 7) is 3.71. The third-order valence-electron chi connectivity index (χ3n) is 3.61. The van der Waals surface area contributed by atoms with E-state index in [1.165, 1.54) is 11.3 Å². The highest BCUT2D eigenvalue weighted by Gasteiger charge is 2.12. The number of nitrogens with one attached hydrogen (secondary N) is 1. The van der Waals surface area contributed by atoms with Crippen molar-refractivity contribution < 1.29 is 9.53 Å². The molecule has 0 radical (unpaired) electrons. The molecule has 0 atom stereocenters. The van der Waals surface area contributed by atoms with Gasteiger partial charge in [0.2, 0.25) is 0 Å². The van der Waals surface area contributed by atoms with Crippen LogP contribution in [0.2, 0.25) is 10.0 Å².